The van der Waals surface area contributed by atoms with Crippen molar-refractivity contribution in [2.45, 2.75) is 37.4 Å². The average molecular weight is 164 g/mol. The van der Waals surface area contributed by atoms with Gasteiger partial charge in [0.15, 0.2) is 6.10 Å². The van der Waals surface area contributed by atoms with Gasteiger partial charge >= 0.3 is 0 Å². The normalized spacial score (nSPS) is 58.6. The van der Waals surface area contributed by atoms with Crippen LogP contribution < -0.4 is 0 Å². The zero-order valence-electron chi connectivity index (χ0n) is 6.92. The molecule has 4 atom stereocenters. The molecule has 0 spiro atoms. The van der Waals surface area contributed by atoms with Crippen molar-refractivity contribution in [1.29, 1.82) is 0 Å². The predicted octanol–water partition coefficient (Wildman–Crippen LogP) is 1.20. The van der Waals surface area contributed by atoms with E-state index in [0.717, 1.165) is 18.8 Å². The lowest BCUT2D eigenvalue weighted by Crippen LogP contribution is -2.27. The number of rotatable bonds is 0. The molecule has 3 fully saturated rings. The molecule has 2 bridgehead atoms. The molecule has 1 aliphatic heterocycles. The van der Waals surface area contributed by atoms with Gasteiger partial charge in [0.25, 0.3) is 0 Å². The van der Waals surface area contributed by atoms with Gasteiger partial charge in [0.1, 0.15) is 5.76 Å². The van der Waals surface area contributed by atoms with Gasteiger partial charge in [-0.1, -0.05) is 0 Å². The molecule has 4 rings (SSSR count). The lowest BCUT2D eigenvalue weighted by Gasteiger charge is -2.26. The van der Waals surface area contributed by atoms with Crippen molar-refractivity contribution in [3.8, 4) is 0 Å². The minimum atomic E-state index is -0.421. The minimum Gasteiger partial charge on any atom is -0.483 e. The molecule has 1 N–H and O–H groups in total. The molecule has 4 aliphatic rings. The standard InChI is InChI=1S/C10H12O2/c11-10-2-1-5(4-10)6-3-7-9(12-7)8(6)10/h5-7,11H,1-4H2. The molecular weight excluding hydrogens is 152 g/mol. The third-order valence-corrected chi connectivity index (χ3v) is 4.21. The van der Waals surface area contributed by atoms with Crippen LogP contribution in [0.5, 0.6) is 0 Å². The number of ether oxygens (including phenoxy) is 1. The van der Waals surface area contributed by atoms with Crippen molar-refractivity contribution in [3.05, 3.63) is 11.3 Å². The molecule has 2 saturated carbocycles. The number of epoxide rings is 1. The second-order valence-corrected chi connectivity index (χ2v) is 4.76. The van der Waals surface area contributed by atoms with Gasteiger partial charge < -0.3 is 9.84 Å². The average Bonchev–Trinajstić information content (AvgIpc) is 2.44. The third kappa shape index (κ3) is 0.463. The zero-order chi connectivity index (χ0) is 7.92. The number of aliphatic hydroxyl groups is 1. The van der Waals surface area contributed by atoms with E-state index in [1.54, 1.807) is 0 Å². The van der Waals surface area contributed by atoms with E-state index in [9.17, 15) is 5.11 Å². The van der Waals surface area contributed by atoms with Crippen LogP contribution in [-0.4, -0.2) is 16.8 Å². The number of hydrogen-bond donors (Lipinski definition) is 1. The summed E-state index contributed by atoms with van der Waals surface area (Å²) in [5, 5.41) is 10.3. The largest absolute Gasteiger partial charge is 0.483 e. The highest BCUT2D eigenvalue weighted by Crippen LogP contribution is 2.64. The summed E-state index contributed by atoms with van der Waals surface area (Å²) in [5.41, 5.74) is 0.888. The summed E-state index contributed by atoms with van der Waals surface area (Å²) >= 11 is 0. The van der Waals surface area contributed by atoms with Crippen molar-refractivity contribution in [1.82, 2.24) is 0 Å². The van der Waals surface area contributed by atoms with Gasteiger partial charge in [0.05, 0.1) is 5.60 Å². The van der Waals surface area contributed by atoms with Crippen LogP contribution in [0.15, 0.2) is 11.3 Å². The first-order chi connectivity index (χ1) is 5.78. The fourth-order valence-corrected chi connectivity index (χ4v) is 3.70. The molecular formula is C10H12O2. The Kier molecular flexibility index (Phi) is 0.732. The van der Waals surface area contributed by atoms with Gasteiger partial charge in [-0.25, -0.2) is 0 Å². The molecule has 1 saturated heterocycles. The molecule has 12 heavy (non-hydrogen) atoms. The Labute approximate surface area is 71.2 Å². The highest BCUT2D eigenvalue weighted by atomic mass is 16.6. The van der Waals surface area contributed by atoms with Crippen molar-refractivity contribution in [2.24, 2.45) is 11.8 Å². The lowest BCUT2D eigenvalue weighted by atomic mass is 9.84. The second kappa shape index (κ2) is 1.46. The molecule has 0 aromatic heterocycles. The van der Waals surface area contributed by atoms with Crippen molar-refractivity contribution < 1.29 is 9.84 Å². The summed E-state index contributed by atoms with van der Waals surface area (Å²) in [6, 6.07) is 0. The maximum Gasteiger partial charge on any atom is 0.156 e. The van der Waals surface area contributed by atoms with Gasteiger partial charge in [-0.3, -0.25) is 0 Å². The maximum atomic E-state index is 10.3. The summed E-state index contributed by atoms with van der Waals surface area (Å²) < 4.78 is 5.40. The highest BCUT2D eigenvalue weighted by molar-refractivity contribution is 5.43. The maximum absolute atomic E-state index is 10.3. The van der Waals surface area contributed by atoms with Crippen LogP contribution in [0.1, 0.15) is 25.7 Å². The molecule has 0 amide bonds. The van der Waals surface area contributed by atoms with E-state index in [1.165, 1.54) is 24.2 Å². The van der Waals surface area contributed by atoms with Gasteiger partial charge in [0, 0.05) is 5.57 Å². The summed E-state index contributed by atoms with van der Waals surface area (Å²) in [6.45, 7) is 0. The first-order valence-electron chi connectivity index (χ1n) is 4.91. The Morgan fingerprint density at radius 1 is 1.50 bits per heavy atom. The van der Waals surface area contributed by atoms with Crippen molar-refractivity contribution in [2.75, 3.05) is 0 Å². The summed E-state index contributed by atoms with van der Waals surface area (Å²) in [4.78, 5) is 0. The number of fused-ring (bicyclic) bond motifs is 6. The Hall–Kier alpha value is -0.500. The fraction of sp³-hybridized carbons (Fsp3) is 0.800. The molecule has 1 heterocycles. The quantitative estimate of drug-likeness (QED) is 0.546. The Morgan fingerprint density at radius 2 is 2.42 bits per heavy atom. The van der Waals surface area contributed by atoms with E-state index in [4.69, 9.17) is 4.74 Å². The van der Waals surface area contributed by atoms with E-state index >= 15 is 0 Å². The SMILES string of the molecule is OC12CCC(C1)C1CC3OC3=C12. The van der Waals surface area contributed by atoms with Crippen molar-refractivity contribution in [3.63, 3.8) is 0 Å². The Balaban J connectivity index is 1.94. The first-order valence-corrected chi connectivity index (χ1v) is 4.91. The van der Waals surface area contributed by atoms with Gasteiger partial charge in [0.2, 0.25) is 0 Å². The van der Waals surface area contributed by atoms with E-state index in [-0.39, 0.29) is 0 Å². The van der Waals surface area contributed by atoms with Crippen LogP contribution in [-0.2, 0) is 4.74 Å². The monoisotopic (exact) mass is 164 g/mol. The molecule has 64 valence electrons. The van der Waals surface area contributed by atoms with E-state index in [1.807, 2.05) is 0 Å². The van der Waals surface area contributed by atoms with Crippen LogP contribution >= 0.6 is 0 Å². The molecule has 0 aromatic carbocycles. The van der Waals surface area contributed by atoms with Gasteiger partial charge in [-0.2, -0.15) is 0 Å². The topological polar surface area (TPSA) is 32.8 Å². The Morgan fingerprint density at radius 3 is 3.25 bits per heavy atom. The van der Waals surface area contributed by atoms with Crippen molar-refractivity contribution >= 4 is 0 Å². The molecule has 2 nitrogen and oxygen atoms in total. The summed E-state index contributed by atoms with van der Waals surface area (Å²) in [7, 11) is 0. The third-order valence-electron chi connectivity index (χ3n) is 4.21. The zero-order valence-corrected chi connectivity index (χ0v) is 6.92. The summed E-state index contributed by atoms with van der Waals surface area (Å²) in [6.07, 6.45) is 4.86. The van der Waals surface area contributed by atoms with E-state index in [0.29, 0.717) is 12.0 Å². The first kappa shape index (κ1) is 6.03. The molecule has 4 unspecified atom stereocenters. The number of hydrogen-bond acceptors (Lipinski definition) is 2. The smallest absolute Gasteiger partial charge is 0.156 e. The van der Waals surface area contributed by atoms with Gasteiger partial charge in [-0.15, -0.1) is 0 Å². The summed E-state index contributed by atoms with van der Waals surface area (Å²) in [5.74, 6) is 2.66. The highest BCUT2D eigenvalue weighted by Gasteiger charge is 2.63. The molecule has 0 radical (unpaired) electrons. The minimum absolute atomic E-state index is 0.421. The van der Waals surface area contributed by atoms with E-state index < -0.39 is 5.60 Å². The van der Waals surface area contributed by atoms with Crippen LogP contribution in [0, 0.1) is 11.8 Å². The lowest BCUT2D eigenvalue weighted by molar-refractivity contribution is 0.0875. The van der Waals surface area contributed by atoms with Crippen LogP contribution in [0.4, 0.5) is 0 Å². The predicted molar refractivity (Wildman–Crippen MR) is 42.3 cm³/mol. The fourth-order valence-electron chi connectivity index (χ4n) is 3.70. The van der Waals surface area contributed by atoms with Crippen LogP contribution in [0.3, 0.4) is 0 Å². The molecule has 2 heteroatoms. The van der Waals surface area contributed by atoms with Crippen LogP contribution in [0.2, 0.25) is 0 Å². The molecule has 3 aliphatic carbocycles. The van der Waals surface area contributed by atoms with Gasteiger partial charge in [-0.05, 0) is 37.5 Å². The molecule has 0 aromatic rings. The van der Waals surface area contributed by atoms with E-state index in [2.05, 4.69) is 0 Å². The Bertz CT molecular complexity index is 307. The second-order valence-electron chi connectivity index (χ2n) is 4.76. The van der Waals surface area contributed by atoms with Crippen LogP contribution in [0.25, 0.3) is 0 Å².